The van der Waals surface area contributed by atoms with Crippen LogP contribution in [0.3, 0.4) is 0 Å². The minimum Gasteiger partial charge on any atom is -0.491 e. The van der Waals surface area contributed by atoms with E-state index in [1.807, 2.05) is 57.4 Å². The van der Waals surface area contributed by atoms with E-state index < -0.39 is 0 Å². The van der Waals surface area contributed by atoms with Gasteiger partial charge in [0.15, 0.2) is 5.96 Å². The Morgan fingerprint density at radius 1 is 1.17 bits per heavy atom. The first-order valence-corrected chi connectivity index (χ1v) is 10.0. The number of halogens is 1. The highest BCUT2D eigenvalue weighted by molar-refractivity contribution is 5.93. The van der Waals surface area contributed by atoms with Gasteiger partial charge < -0.3 is 15.4 Å². The lowest BCUT2D eigenvalue weighted by Crippen LogP contribution is -2.32. The third-order valence-corrected chi connectivity index (χ3v) is 4.26. The zero-order valence-corrected chi connectivity index (χ0v) is 17.6. The van der Waals surface area contributed by atoms with Crippen LogP contribution in [0.5, 0.6) is 5.75 Å². The molecule has 0 saturated carbocycles. The van der Waals surface area contributed by atoms with Crippen LogP contribution < -0.4 is 15.4 Å². The van der Waals surface area contributed by atoms with Crippen LogP contribution in [0.1, 0.15) is 25.0 Å². The second kappa shape index (κ2) is 10.4. The van der Waals surface area contributed by atoms with E-state index in [4.69, 9.17) is 4.74 Å². The van der Waals surface area contributed by atoms with E-state index >= 15 is 0 Å². The van der Waals surface area contributed by atoms with Gasteiger partial charge >= 0.3 is 0 Å². The average Bonchev–Trinajstić information content (AvgIpc) is 3.12. The van der Waals surface area contributed by atoms with Crippen molar-refractivity contribution in [1.82, 2.24) is 15.1 Å². The number of nitrogens with zero attached hydrogens (tertiary/aromatic N) is 3. The standard InChI is InChI=1S/C23H28FN5O/c1-17(2)30-22-9-7-21(8-10-22)28-23(26-14-19-15-27-29(3)16-19)25-12-11-18-5-4-6-20(24)13-18/h4-10,13,15-17H,11-12,14H2,1-3H3,(H2,25,26,28). The zero-order valence-electron chi connectivity index (χ0n) is 17.6. The van der Waals surface area contributed by atoms with E-state index in [1.165, 1.54) is 6.07 Å². The van der Waals surface area contributed by atoms with Crippen molar-refractivity contribution in [2.45, 2.75) is 32.9 Å². The molecule has 0 atom stereocenters. The zero-order chi connectivity index (χ0) is 21.3. The Kier molecular flexibility index (Phi) is 7.43. The lowest BCUT2D eigenvalue weighted by atomic mass is 10.1. The molecular formula is C23H28FN5O. The van der Waals surface area contributed by atoms with Crippen LogP contribution in [0, 0.1) is 5.82 Å². The average molecular weight is 410 g/mol. The van der Waals surface area contributed by atoms with E-state index in [-0.39, 0.29) is 11.9 Å². The van der Waals surface area contributed by atoms with E-state index in [1.54, 1.807) is 23.0 Å². The van der Waals surface area contributed by atoms with E-state index in [0.717, 1.165) is 22.6 Å². The summed E-state index contributed by atoms with van der Waals surface area (Å²) in [4.78, 5) is 4.66. The molecule has 6 nitrogen and oxygen atoms in total. The lowest BCUT2D eigenvalue weighted by molar-refractivity contribution is 0.242. The van der Waals surface area contributed by atoms with Gasteiger partial charge in [0.2, 0.25) is 0 Å². The fourth-order valence-electron chi connectivity index (χ4n) is 2.91. The Morgan fingerprint density at radius 2 is 1.97 bits per heavy atom. The third-order valence-electron chi connectivity index (χ3n) is 4.26. The van der Waals surface area contributed by atoms with Crippen LogP contribution in [0.25, 0.3) is 0 Å². The minimum absolute atomic E-state index is 0.130. The highest BCUT2D eigenvalue weighted by Gasteiger charge is 2.04. The van der Waals surface area contributed by atoms with Crippen LogP contribution in [0.2, 0.25) is 0 Å². The summed E-state index contributed by atoms with van der Waals surface area (Å²) < 4.78 is 20.8. The van der Waals surface area contributed by atoms with Crippen molar-refractivity contribution in [3.05, 3.63) is 77.9 Å². The van der Waals surface area contributed by atoms with Gasteiger partial charge in [-0.25, -0.2) is 9.38 Å². The summed E-state index contributed by atoms with van der Waals surface area (Å²) in [6.45, 7) is 5.12. The number of hydrogen-bond donors (Lipinski definition) is 2. The molecule has 30 heavy (non-hydrogen) atoms. The Morgan fingerprint density at radius 3 is 2.63 bits per heavy atom. The molecule has 1 aromatic heterocycles. The molecule has 0 amide bonds. The maximum atomic E-state index is 13.4. The molecule has 3 rings (SSSR count). The van der Waals surface area contributed by atoms with Gasteiger partial charge in [0, 0.05) is 31.0 Å². The third kappa shape index (κ3) is 6.92. The molecular weight excluding hydrogens is 381 g/mol. The van der Waals surface area contributed by atoms with Crippen molar-refractivity contribution in [1.29, 1.82) is 0 Å². The van der Waals surface area contributed by atoms with Gasteiger partial charge in [0.05, 0.1) is 18.8 Å². The van der Waals surface area contributed by atoms with Gasteiger partial charge in [0.1, 0.15) is 11.6 Å². The molecule has 0 bridgehead atoms. The Labute approximate surface area is 176 Å². The maximum absolute atomic E-state index is 13.4. The van der Waals surface area contributed by atoms with Gasteiger partial charge in [-0.1, -0.05) is 12.1 Å². The summed E-state index contributed by atoms with van der Waals surface area (Å²) in [5.74, 6) is 1.25. The molecule has 7 heteroatoms. The SMILES string of the molecule is CC(C)Oc1ccc(NC(=NCc2cnn(C)c2)NCCc2cccc(F)c2)cc1. The first kappa shape index (κ1) is 21.4. The van der Waals surface area contributed by atoms with E-state index in [0.29, 0.717) is 25.5 Å². The van der Waals surface area contributed by atoms with Crippen molar-refractivity contribution in [3.63, 3.8) is 0 Å². The molecule has 2 N–H and O–H groups in total. The highest BCUT2D eigenvalue weighted by Crippen LogP contribution is 2.17. The van der Waals surface area contributed by atoms with E-state index in [2.05, 4.69) is 20.7 Å². The summed E-state index contributed by atoms with van der Waals surface area (Å²) in [6, 6.07) is 14.4. The Balaban J connectivity index is 1.65. The molecule has 3 aromatic rings. The predicted molar refractivity (Wildman–Crippen MR) is 118 cm³/mol. The van der Waals surface area contributed by atoms with Crippen molar-refractivity contribution >= 4 is 11.6 Å². The topological polar surface area (TPSA) is 63.5 Å². The summed E-state index contributed by atoms with van der Waals surface area (Å²) in [5.41, 5.74) is 2.85. The van der Waals surface area contributed by atoms with Crippen LogP contribution >= 0.6 is 0 Å². The number of aryl methyl sites for hydroxylation is 1. The number of hydrogen-bond acceptors (Lipinski definition) is 3. The molecule has 1 heterocycles. The number of aliphatic imine (C=N–C) groups is 1. The van der Waals surface area contributed by atoms with Crippen molar-refractivity contribution < 1.29 is 9.13 Å². The fraction of sp³-hybridized carbons (Fsp3) is 0.304. The maximum Gasteiger partial charge on any atom is 0.196 e. The second-order valence-corrected chi connectivity index (χ2v) is 7.31. The number of aromatic nitrogens is 2. The molecule has 0 unspecified atom stereocenters. The predicted octanol–water partition coefficient (Wildman–Crippen LogP) is 4.15. The first-order chi connectivity index (χ1) is 14.5. The molecule has 0 aliphatic carbocycles. The summed E-state index contributed by atoms with van der Waals surface area (Å²) in [7, 11) is 1.88. The molecule has 2 aromatic carbocycles. The van der Waals surface area contributed by atoms with Crippen LogP contribution in [0.15, 0.2) is 65.9 Å². The minimum atomic E-state index is -0.222. The molecule has 0 radical (unpaired) electrons. The molecule has 0 aliphatic heterocycles. The summed E-state index contributed by atoms with van der Waals surface area (Å²) >= 11 is 0. The second-order valence-electron chi connectivity index (χ2n) is 7.31. The fourth-order valence-corrected chi connectivity index (χ4v) is 2.91. The molecule has 0 aliphatic rings. The molecule has 158 valence electrons. The monoisotopic (exact) mass is 409 g/mol. The van der Waals surface area contributed by atoms with Gasteiger partial charge in [-0.05, 0) is 62.2 Å². The van der Waals surface area contributed by atoms with Gasteiger partial charge in [-0.3, -0.25) is 4.68 Å². The quantitative estimate of drug-likeness (QED) is 0.433. The summed E-state index contributed by atoms with van der Waals surface area (Å²) in [5, 5.41) is 10.8. The summed E-state index contributed by atoms with van der Waals surface area (Å²) in [6.07, 6.45) is 4.55. The van der Waals surface area contributed by atoms with Gasteiger partial charge in [0.25, 0.3) is 0 Å². The number of benzene rings is 2. The number of guanidine groups is 1. The molecule has 0 fully saturated rings. The largest absolute Gasteiger partial charge is 0.491 e. The van der Waals surface area contributed by atoms with Crippen LogP contribution in [0.4, 0.5) is 10.1 Å². The normalized spacial score (nSPS) is 11.6. The van der Waals surface area contributed by atoms with Crippen LogP contribution in [-0.2, 0) is 20.0 Å². The van der Waals surface area contributed by atoms with Crippen molar-refractivity contribution in [2.24, 2.45) is 12.0 Å². The first-order valence-electron chi connectivity index (χ1n) is 10.0. The van der Waals surface area contributed by atoms with Gasteiger partial charge in [-0.2, -0.15) is 5.10 Å². The number of anilines is 1. The van der Waals surface area contributed by atoms with Crippen molar-refractivity contribution in [3.8, 4) is 5.75 Å². The van der Waals surface area contributed by atoms with Crippen LogP contribution in [-0.4, -0.2) is 28.4 Å². The van der Waals surface area contributed by atoms with Crippen molar-refractivity contribution in [2.75, 3.05) is 11.9 Å². The highest BCUT2D eigenvalue weighted by atomic mass is 19.1. The van der Waals surface area contributed by atoms with Gasteiger partial charge in [-0.15, -0.1) is 0 Å². The van der Waals surface area contributed by atoms with E-state index in [9.17, 15) is 4.39 Å². The number of ether oxygens (including phenoxy) is 1. The lowest BCUT2D eigenvalue weighted by Gasteiger charge is -2.14. The smallest absolute Gasteiger partial charge is 0.196 e. The number of rotatable bonds is 8. The molecule has 0 spiro atoms. The molecule has 0 saturated heterocycles. The Hall–Kier alpha value is -3.35. The Bertz CT molecular complexity index is 966. The number of nitrogens with one attached hydrogen (secondary N) is 2.